The molecule has 0 aliphatic heterocycles. The molecule has 0 heterocycles. The lowest BCUT2D eigenvalue weighted by Gasteiger charge is -2.15. The fourth-order valence-electron chi connectivity index (χ4n) is 2.70. The minimum absolute atomic E-state index is 0.778. The quantitative estimate of drug-likeness (QED) is 0.534. The maximum atomic E-state index is 3.51. The third kappa shape index (κ3) is 4.25. The van der Waals surface area contributed by atoms with Gasteiger partial charge in [0, 0.05) is 24.5 Å². The molecule has 0 atom stereocenters. The largest absolute Gasteiger partial charge is 0.383 e. The van der Waals surface area contributed by atoms with E-state index in [9.17, 15) is 0 Å². The van der Waals surface area contributed by atoms with E-state index in [4.69, 9.17) is 0 Å². The van der Waals surface area contributed by atoms with Crippen molar-refractivity contribution in [1.82, 2.24) is 5.32 Å². The van der Waals surface area contributed by atoms with Crippen LogP contribution in [0.15, 0.2) is 36.4 Å². The van der Waals surface area contributed by atoms with Crippen LogP contribution in [0.4, 0.5) is 11.4 Å². The minimum atomic E-state index is 0.778. The molecule has 22 heavy (non-hydrogen) atoms. The van der Waals surface area contributed by atoms with Crippen LogP contribution in [-0.2, 0) is 0 Å². The summed E-state index contributed by atoms with van der Waals surface area (Å²) in [5.41, 5.74) is 7.66. The topological polar surface area (TPSA) is 36.1 Å². The Morgan fingerprint density at radius 2 is 1.09 bits per heavy atom. The molecule has 0 bridgehead atoms. The van der Waals surface area contributed by atoms with Gasteiger partial charge < -0.3 is 10.6 Å². The van der Waals surface area contributed by atoms with Crippen molar-refractivity contribution >= 4 is 11.4 Å². The molecule has 0 spiro atoms. The van der Waals surface area contributed by atoms with Crippen LogP contribution in [0.2, 0.25) is 0 Å². The Kier molecular flexibility index (Phi) is 5.84. The molecular formula is C19H27N3. The summed E-state index contributed by atoms with van der Waals surface area (Å²) in [5.74, 6) is 0. The van der Waals surface area contributed by atoms with E-state index in [0.717, 1.165) is 19.8 Å². The third-order valence-electron chi connectivity index (χ3n) is 3.96. The van der Waals surface area contributed by atoms with Gasteiger partial charge in [-0.1, -0.05) is 36.4 Å². The van der Waals surface area contributed by atoms with Crippen molar-refractivity contribution in [2.45, 2.75) is 27.7 Å². The van der Waals surface area contributed by atoms with E-state index in [2.05, 4.69) is 80.0 Å². The van der Waals surface area contributed by atoms with Crippen LogP contribution >= 0.6 is 0 Å². The van der Waals surface area contributed by atoms with Gasteiger partial charge in [0.25, 0.3) is 0 Å². The van der Waals surface area contributed by atoms with Crippen molar-refractivity contribution in [1.29, 1.82) is 0 Å². The maximum absolute atomic E-state index is 3.51. The molecule has 0 fully saturated rings. The second kappa shape index (κ2) is 7.85. The van der Waals surface area contributed by atoms with Crippen molar-refractivity contribution in [3.05, 3.63) is 58.7 Å². The first-order valence-corrected chi connectivity index (χ1v) is 7.90. The lowest BCUT2D eigenvalue weighted by molar-refractivity contribution is 0.745. The van der Waals surface area contributed by atoms with Gasteiger partial charge in [-0.2, -0.15) is 0 Å². The van der Waals surface area contributed by atoms with E-state index in [1.54, 1.807) is 0 Å². The molecule has 0 saturated heterocycles. The highest BCUT2D eigenvalue weighted by molar-refractivity contribution is 5.57. The van der Waals surface area contributed by atoms with Gasteiger partial charge in [0.2, 0.25) is 0 Å². The first-order valence-electron chi connectivity index (χ1n) is 7.90. The van der Waals surface area contributed by atoms with Crippen LogP contribution in [0.3, 0.4) is 0 Å². The number of anilines is 2. The predicted octanol–water partition coefficient (Wildman–Crippen LogP) is 3.99. The van der Waals surface area contributed by atoms with Crippen molar-refractivity contribution in [3.63, 3.8) is 0 Å². The number of nitrogens with one attached hydrogen (secondary N) is 3. The van der Waals surface area contributed by atoms with Gasteiger partial charge in [-0.15, -0.1) is 0 Å². The van der Waals surface area contributed by atoms with Gasteiger partial charge in [0.05, 0.1) is 6.67 Å². The summed E-state index contributed by atoms with van der Waals surface area (Å²) < 4.78 is 0. The Bertz CT molecular complexity index is 524. The number of benzene rings is 2. The molecule has 0 aliphatic rings. The lowest BCUT2D eigenvalue weighted by atomic mass is 10.1. The number of hydrogen-bond donors (Lipinski definition) is 3. The Balaban J connectivity index is 1.72. The monoisotopic (exact) mass is 297 g/mol. The van der Waals surface area contributed by atoms with Gasteiger partial charge in [-0.25, -0.2) is 0 Å². The SMILES string of the molecule is Cc1cccc(C)c1NCCNCNc1c(C)cccc1C. The molecule has 0 radical (unpaired) electrons. The first-order chi connectivity index (χ1) is 10.6. The summed E-state index contributed by atoms with van der Waals surface area (Å²) in [5, 5.41) is 10.4. The number of hydrogen-bond acceptors (Lipinski definition) is 3. The molecule has 0 aliphatic carbocycles. The molecule has 3 nitrogen and oxygen atoms in total. The second-order valence-electron chi connectivity index (χ2n) is 5.81. The summed E-state index contributed by atoms with van der Waals surface area (Å²) in [6.45, 7) is 11.2. The van der Waals surface area contributed by atoms with E-state index < -0.39 is 0 Å². The van der Waals surface area contributed by atoms with Gasteiger partial charge >= 0.3 is 0 Å². The van der Waals surface area contributed by atoms with Crippen LogP contribution in [0.25, 0.3) is 0 Å². The highest BCUT2D eigenvalue weighted by Gasteiger charge is 2.01. The molecule has 2 rings (SSSR count). The minimum Gasteiger partial charge on any atom is -0.383 e. The summed E-state index contributed by atoms with van der Waals surface area (Å²) in [6, 6.07) is 12.8. The van der Waals surface area contributed by atoms with Crippen molar-refractivity contribution in [3.8, 4) is 0 Å². The predicted molar refractivity (Wildman–Crippen MR) is 96.8 cm³/mol. The van der Waals surface area contributed by atoms with Gasteiger partial charge in [0.15, 0.2) is 0 Å². The highest BCUT2D eigenvalue weighted by atomic mass is 15.1. The molecule has 0 amide bonds. The summed E-state index contributed by atoms with van der Waals surface area (Å²) >= 11 is 0. The number of para-hydroxylation sites is 2. The van der Waals surface area contributed by atoms with Crippen molar-refractivity contribution in [2.24, 2.45) is 0 Å². The zero-order chi connectivity index (χ0) is 15.9. The van der Waals surface area contributed by atoms with E-state index in [0.29, 0.717) is 0 Å². The fraction of sp³-hybridized carbons (Fsp3) is 0.368. The molecule has 3 heteroatoms. The van der Waals surface area contributed by atoms with Crippen LogP contribution < -0.4 is 16.0 Å². The average molecular weight is 297 g/mol. The normalized spacial score (nSPS) is 10.5. The molecule has 0 saturated carbocycles. The average Bonchev–Trinajstić information content (AvgIpc) is 2.47. The molecule has 2 aromatic rings. The zero-order valence-electron chi connectivity index (χ0n) is 14.1. The Morgan fingerprint density at radius 3 is 1.59 bits per heavy atom. The number of rotatable bonds is 7. The summed E-state index contributed by atoms with van der Waals surface area (Å²) in [6.07, 6.45) is 0. The third-order valence-corrected chi connectivity index (χ3v) is 3.96. The lowest BCUT2D eigenvalue weighted by Crippen LogP contribution is -2.28. The maximum Gasteiger partial charge on any atom is 0.0653 e. The van der Waals surface area contributed by atoms with Gasteiger partial charge in [-0.3, -0.25) is 5.32 Å². The van der Waals surface area contributed by atoms with Crippen LogP contribution in [0, 0.1) is 27.7 Å². The molecule has 0 unspecified atom stereocenters. The number of aryl methyl sites for hydroxylation is 4. The molecule has 3 N–H and O–H groups in total. The Labute approximate surface area is 134 Å². The molecule has 2 aromatic carbocycles. The smallest absolute Gasteiger partial charge is 0.0653 e. The fourth-order valence-corrected chi connectivity index (χ4v) is 2.70. The standard InChI is InChI=1S/C19H27N3/c1-14-7-5-8-15(2)18(14)21-12-11-20-13-22-19-16(3)9-6-10-17(19)4/h5-10,20-22H,11-13H2,1-4H3. The van der Waals surface area contributed by atoms with Crippen LogP contribution in [-0.4, -0.2) is 19.8 Å². The Hall–Kier alpha value is -2.00. The van der Waals surface area contributed by atoms with Gasteiger partial charge in [0.1, 0.15) is 0 Å². The molecule has 118 valence electrons. The van der Waals surface area contributed by atoms with Crippen molar-refractivity contribution < 1.29 is 0 Å². The highest BCUT2D eigenvalue weighted by Crippen LogP contribution is 2.19. The van der Waals surface area contributed by atoms with Crippen LogP contribution in [0.1, 0.15) is 22.3 Å². The first kappa shape index (κ1) is 16.4. The van der Waals surface area contributed by atoms with E-state index >= 15 is 0 Å². The second-order valence-corrected chi connectivity index (χ2v) is 5.81. The van der Waals surface area contributed by atoms with E-state index in [-0.39, 0.29) is 0 Å². The van der Waals surface area contributed by atoms with E-state index in [1.807, 2.05) is 0 Å². The van der Waals surface area contributed by atoms with E-state index in [1.165, 1.54) is 33.6 Å². The summed E-state index contributed by atoms with van der Waals surface area (Å²) in [4.78, 5) is 0. The summed E-state index contributed by atoms with van der Waals surface area (Å²) in [7, 11) is 0. The molecular weight excluding hydrogens is 270 g/mol. The zero-order valence-corrected chi connectivity index (χ0v) is 14.1. The van der Waals surface area contributed by atoms with Gasteiger partial charge in [-0.05, 0) is 49.9 Å². The van der Waals surface area contributed by atoms with Crippen molar-refractivity contribution in [2.75, 3.05) is 30.4 Å². The molecule has 0 aromatic heterocycles. The Morgan fingerprint density at radius 1 is 0.636 bits per heavy atom. The van der Waals surface area contributed by atoms with Crippen LogP contribution in [0.5, 0.6) is 0 Å².